The van der Waals surface area contributed by atoms with Gasteiger partial charge in [-0.05, 0) is 6.07 Å². The first kappa shape index (κ1) is 6.84. The Balaban J connectivity index is 2.41. The van der Waals surface area contributed by atoms with Crippen LogP contribution in [0.3, 0.4) is 0 Å². The summed E-state index contributed by atoms with van der Waals surface area (Å²) >= 11 is 0. The molecule has 12 heavy (non-hydrogen) atoms. The van der Waals surface area contributed by atoms with Crippen LogP contribution in [0.15, 0.2) is 29.0 Å². The van der Waals surface area contributed by atoms with E-state index in [1.54, 1.807) is 18.5 Å². The van der Waals surface area contributed by atoms with Crippen LogP contribution in [0.4, 0.5) is 0 Å². The van der Waals surface area contributed by atoms with Crippen LogP contribution in [-0.4, -0.2) is 16.4 Å². The molecule has 0 spiro atoms. The number of rotatable bonds is 2. The molecule has 1 N–H and O–H groups in total. The van der Waals surface area contributed by atoms with Gasteiger partial charge in [-0.15, -0.1) is 0 Å². The molecule has 4 heteroatoms. The summed E-state index contributed by atoms with van der Waals surface area (Å²) in [6.45, 7) is 0. The van der Waals surface area contributed by atoms with Gasteiger partial charge >= 0.3 is 0 Å². The molecule has 4 nitrogen and oxygen atoms in total. The zero-order valence-corrected chi connectivity index (χ0v) is 6.15. The highest BCUT2D eigenvalue weighted by molar-refractivity contribution is 5.74. The molecule has 0 saturated heterocycles. The lowest BCUT2D eigenvalue weighted by Crippen LogP contribution is -1.72. The van der Waals surface area contributed by atoms with Gasteiger partial charge in [-0.1, -0.05) is 5.16 Å². The van der Waals surface area contributed by atoms with Crippen molar-refractivity contribution in [2.24, 2.45) is 0 Å². The van der Waals surface area contributed by atoms with Crippen molar-refractivity contribution < 1.29 is 9.32 Å². The highest BCUT2D eigenvalue weighted by Gasteiger charge is 2.04. The van der Waals surface area contributed by atoms with Gasteiger partial charge in [0.2, 0.25) is 0 Å². The quantitative estimate of drug-likeness (QED) is 0.680. The van der Waals surface area contributed by atoms with Crippen LogP contribution in [0.25, 0.3) is 11.3 Å². The maximum Gasteiger partial charge on any atom is 0.171 e. The number of carbonyl (C=O) groups excluding carboxylic acids is 1. The molecule has 2 rings (SSSR count). The van der Waals surface area contributed by atoms with Gasteiger partial charge < -0.3 is 9.51 Å². The number of aromatic nitrogens is 2. The molecule has 0 radical (unpaired) electrons. The summed E-state index contributed by atoms with van der Waals surface area (Å²) < 4.78 is 4.90. The highest BCUT2D eigenvalue weighted by atomic mass is 16.5. The van der Waals surface area contributed by atoms with E-state index in [-0.39, 0.29) is 0 Å². The number of hydrogen-bond donors (Lipinski definition) is 1. The molecule has 2 aromatic heterocycles. The van der Waals surface area contributed by atoms with Crippen molar-refractivity contribution in [3.63, 3.8) is 0 Å². The summed E-state index contributed by atoms with van der Waals surface area (Å²) in [6.07, 6.45) is 4.20. The normalized spacial score (nSPS) is 10.0. The average Bonchev–Trinajstić information content (AvgIpc) is 2.75. The van der Waals surface area contributed by atoms with Gasteiger partial charge in [0.25, 0.3) is 0 Å². The second-order valence-corrected chi connectivity index (χ2v) is 2.33. The van der Waals surface area contributed by atoms with Gasteiger partial charge in [0.1, 0.15) is 5.69 Å². The van der Waals surface area contributed by atoms with Crippen LogP contribution in [0.2, 0.25) is 0 Å². The van der Waals surface area contributed by atoms with Crippen molar-refractivity contribution >= 4 is 6.29 Å². The van der Waals surface area contributed by atoms with Crippen molar-refractivity contribution in [1.29, 1.82) is 0 Å². The molecule has 0 aliphatic heterocycles. The molecular formula is C8H6N2O2. The van der Waals surface area contributed by atoms with E-state index in [0.29, 0.717) is 17.7 Å². The van der Waals surface area contributed by atoms with Crippen LogP contribution >= 0.6 is 0 Å². The second kappa shape index (κ2) is 2.65. The lowest BCUT2D eigenvalue weighted by molar-refractivity contribution is 0.111. The molecule has 0 bridgehead atoms. The van der Waals surface area contributed by atoms with Gasteiger partial charge in [0.15, 0.2) is 12.0 Å². The monoisotopic (exact) mass is 162 g/mol. The Morgan fingerprint density at radius 1 is 1.58 bits per heavy atom. The Morgan fingerprint density at radius 3 is 3.08 bits per heavy atom. The molecule has 2 heterocycles. The minimum Gasteiger partial charge on any atom is -0.367 e. The molecule has 0 fully saturated rings. The molecule has 0 aromatic carbocycles. The third-order valence-corrected chi connectivity index (χ3v) is 1.53. The van der Waals surface area contributed by atoms with Crippen LogP contribution in [0.1, 0.15) is 10.5 Å². The molecule has 0 aliphatic rings. The number of carbonyl (C=O) groups is 1. The summed E-state index contributed by atoms with van der Waals surface area (Å²) in [6, 6.07) is 3.44. The topological polar surface area (TPSA) is 58.9 Å². The molecule has 0 atom stereocenters. The molecule has 0 amide bonds. The van der Waals surface area contributed by atoms with Crippen LogP contribution in [0.5, 0.6) is 0 Å². The van der Waals surface area contributed by atoms with Crippen LogP contribution < -0.4 is 0 Å². The zero-order valence-electron chi connectivity index (χ0n) is 6.15. The van der Waals surface area contributed by atoms with E-state index in [2.05, 4.69) is 10.1 Å². The first-order chi connectivity index (χ1) is 5.90. The smallest absolute Gasteiger partial charge is 0.171 e. The van der Waals surface area contributed by atoms with Gasteiger partial charge in [-0.25, -0.2) is 0 Å². The maximum absolute atomic E-state index is 10.3. The zero-order chi connectivity index (χ0) is 8.39. The van der Waals surface area contributed by atoms with Gasteiger partial charge in [-0.3, -0.25) is 4.79 Å². The molecule has 0 unspecified atom stereocenters. The van der Waals surface area contributed by atoms with E-state index in [1.807, 2.05) is 6.07 Å². The van der Waals surface area contributed by atoms with E-state index in [9.17, 15) is 4.79 Å². The minimum atomic E-state index is 0.311. The van der Waals surface area contributed by atoms with Crippen LogP contribution in [0, 0.1) is 0 Å². The standard InChI is InChI=1S/C8H6N2O2/c11-5-7-3-8(12-10-7)6-1-2-9-4-6/h1-5,9H. The average molecular weight is 162 g/mol. The molecular weight excluding hydrogens is 156 g/mol. The third kappa shape index (κ3) is 1.03. The predicted octanol–water partition coefficient (Wildman–Crippen LogP) is 1.48. The Labute approximate surface area is 68.2 Å². The number of nitrogens with zero attached hydrogens (tertiary/aromatic N) is 1. The highest BCUT2D eigenvalue weighted by Crippen LogP contribution is 2.18. The fourth-order valence-corrected chi connectivity index (χ4v) is 0.958. The third-order valence-electron chi connectivity index (χ3n) is 1.53. The Kier molecular flexibility index (Phi) is 1.51. The van der Waals surface area contributed by atoms with E-state index in [1.165, 1.54) is 0 Å². The van der Waals surface area contributed by atoms with Gasteiger partial charge in [0.05, 0.1) is 0 Å². The predicted molar refractivity (Wildman–Crippen MR) is 41.7 cm³/mol. The van der Waals surface area contributed by atoms with E-state index in [4.69, 9.17) is 4.52 Å². The fourth-order valence-electron chi connectivity index (χ4n) is 0.958. The Bertz CT molecular complexity index is 375. The van der Waals surface area contributed by atoms with Crippen molar-refractivity contribution in [2.75, 3.05) is 0 Å². The number of aromatic amines is 1. The summed E-state index contributed by atoms with van der Waals surface area (Å²) in [4.78, 5) is 13.1. The molecule has 0 aliphatic carbocycles. The summed E-state index contributed by atoms with van der Waals surface area (Å²) in [7, 11) is 0. The van der Waals surface area contributed by atoms with Crippen molar-refractivity contribution in [3.8, 4) is 11.3 Å². The maximum atomic E-state index is 10.3. The summed E-state index contributed by atoms with van der Waals surface area (Å²) in [5, 5.41) is 3.53. The van der Waals surface area contributed by atoms with Crippen molar-refractivity contribution in [1.82, 2.24) is 10.1 Å². The van der Waals surface area contributed by atoms with Gasteiger partial charge in [0, 0.05) is 24.0 Å². The first-order valence-corrected chi connectivity index (χ1v) is 3.45. The number of H-pyrrole nitrogens is 1. The number of hydrogen-bond acceptors (Lipinski definition) is 3. The molecule has 0 saturated carbocycles. The van der Waals surface area contributed by atoms with Gasteiger partial charge in [-0.2, -0.15) is 0 Å². The molecule has 2 aromatic rings. The lowest BCUT2D eigenvalue weighted by atomic mass is 10.2. The minimum absolute atomic E-state index is 0.311. The van der Waals surface area contributed by atoms with E-state index >= 15 is 0 Å². The van der Waals surface area contributed by atoms with Crippen molar-refractivity contribution in [3.05, 3.63) is 30.2 Å². The Morgan fingerprint density at radius 2 is 2.50 bits per heavy atom. The summed E-state index contributed by atoms with van der Waals surface area (Å²) in [5.41, 5.74) is 1.20. The van der Waals surface area contributed by atoms with E-state index < -0.39 is 0 Å². The molecule has 60 valence electrons. The SMILES string of the molecule is O=Cc1cc(-c2cc[nH]c2)on1. The van der Waals surface area contributed by atoms with E-state index in [0.717, 1.165) is 5.56 Å². The van der Waals surface area contributed by atoms with Crippen molar-refractivity contribution in [2.45, 2.75) is 0 Å². The number of nitrogens with one attached hydrogen (secondary N) is 1. The lowest BCUT2D eigenvalue weighted by Gasteiger charge is -1.82. The fraction of sp³-hybridized carbons (Fsp3) is 0. The number of aldehydes is 1. The second-order valence-electron chi connectivity index (χ2n) is 2.33. The Hall–Kier alpha value is -1.84. The first-order valence-electron chi connectivity index (χ1n) is 3.45. The van der Waals surface area contributed by atoms with Crippen LogP contribution in [-0.2, 0) is 0 Å². The largest absolute Gasteiger partial charge is 0.367 e. The summed E-state index contributed by atoms with van der Waals surface area (Å²) in [5.74, 6) is 0.596.